The molecule has 1 aliphatic rings. The molecule has 1 heterocycles. The molecule has 8 heteroatoms. The predicted octanol–water partition coefficient (Wildman–Crippen LogP) is 3.84. The summed E-state index contributed by atoms with van der Waals surface area (Å²) in [7, 11) is 0. The van der Waals surface area contributed by atoms with Crippen molar-refractivity contribution in [3.63, 3.8) is 0 Å². The SMILES string of the molecule is CC(=O)Oc1c(I)cc(I)cc1C(=O)Nc1ccc2c(c1)OCCO2. The molecule has 2 aromatic rings. The van der Waals surface area contributed by atoms with Crippen molar-refractivity contribution in [3.8, 4) is 17.2 Å². The van der Waals surface area contributed by atoms with E-state index in [1.165, 1.54) is 6.92 Å². The lowest BCUT2D eigenvalue weighted by Gasteiger charge is -2.19. The van der Waals surface area contributed by atoms with Gasteiger partial charge in [-0.25, -0.2) is 0 Å². The van der Waals surface area contributed by atoms with Crippen LogP contribution in [0.25, 0.3) is 0 Å². The number of nitrogens with one attached hydrogen (secondary N) is 1. The van der Waals surface area contributed by atoms with E-state index in [0.717, 1.165) is 3.57 Å². The van der Waals surface area contributed by atoms with Gasteiger partial charge in [-0.1, -0.05) is 0 Å². The molecule has 130 valence electrons. The van der Waals surface area contributed by atoms with Crippen LogP contribution in [-0.4, -0.2) is 25.1 Å². The lowest BCUT2D eigenvalue weighted by atomic mass is 10.1. The van der Waals surface area contributed by atoms with Gasteiger partial charge in [0.05, 0.1) is 9.13 Å². The van der Waals surface area contributed by atoms with Gasteiger partial charge < -0.3 is 19.5 Å². The van der Waals surface area contributed by atoms with Crippen molar-refractivity contribution < 1.29 is 23.8 Å². The van der Waals surface area contributed by atoms with Crippen molar-refractivity contribution in [2.24, 2.45) is 0 Å². The molecule has 0 aromatic heterocycles. The summed E-state index contributed by atoms with van der Waals surface area (Å²) in [5.41, 5.74) is 0.860. The highest BCUT2D eigenvalue weighted by atomic mass is 127. The van der Waals surface area contributed by atoms with Gasteiger partial charge in [-0.3, -0.25) is 9.59 Å². The number of amides is 1. The number of ether oxygens (including phenoxy) is 3. The summed E-state index contributed by atoms with van der Waals surface area (Å²) >= 11 is 4.15. The third kappa shape index (κ3) is 4.35. The first-order chi connectivity index (χ1) is 11.9. The highest BCUT2D eigenvalue weighted by Crippen LogP contribution is 2.34. The predicted molar refractivity (Wildman–Crippen MR) is 109 cm³/mol. The molecule has 0 bridgehead atoms. The van der Waals surface area contributed by atoms with Gasteiger partial charge in [-0.2, -0.15) is 0 Å². The number of anilines is 1. The van der Waals surface area contributed by atoms with E-state index in [9.17, 15) is 9.59 Å². The Hall–Kier alpha value is -1.56. The Kier molecular flexibility index (Phi) is 5.67. The van der Waals surface area contributed by atoms with E-state index in [1.54, 1.807) is 24.3 Å². The molecule has 0 spiro atoms. The molecular weight excluding hydrogens is 552 g/mol. The highest BCUT2D eigenvalue weighted by molar-refractivity contribution is 14.1. The van der Waals surface area contributed by atoms with Gasteiger partial charge in [0.2, 0.25) is 0 Å². The molecule has 25 heavy (non-hydrogen) atoms. The van der Waals surface area contributed by atoms with E-state index in [2.05, 4.69) is 27.9 Å². The normalized spacial score (nSPS) is 12.4. The second kappa shape index (κ2) is 7.77. The van der Waals surface area contributed by atoms with Gasteiger partial charge in [-0.15, -0.1) is 0 Å². The summed E-state index contributed by atoms with van der Waals surface area (Å²) in [6.07, 6.45) is 0. The zero-order valence-corrected chi connectivity index (χ0v) is 17.4. The van der Waals surface area contributed by atoms with Crippen LogP contribution < -0.4 is 19.5 Å². The van der Waals surface area contributed by atoms with Gasteiger partial charge in [0.15, 0.2) is 17.2 Å². The van der Waals surface area contributed by atoms with Gasteiger partial charge in [0, 0.05) is 22.2 Å². The number of fused-ring (bicyclic) bond motifs is 1. The molecule has 0 saturated heterocycles. The average Bonchev–Trinajstić information content (AvgIpc) is 2.56. The van der Waals surface area contributed by atoms with Gasteiger partial charge in [0.25, 0.3) is 5.91 Å². The quantitative estimate of drug-likeness (QED) is 0.348. The molecule has 2 aromatic carbocycles. The Bertz CT molecular complexity index is 853. The maximum absolute atomic E-state index is 12.7. The Morgan fingerprint density at radius 3 is 2.52 bits per heavy atom. The summed E-state index contributed by atoms with van der Waals surface area (Å²) in [5.74, 6) is 0.635. The smallest absolute Gasteiger partial charge is 0.308 e. The van der Waals surface area contributed by atoms with Crippen LogP contribution in [0.2, 0.25) is 0 Å². The summed E-state index contributed by atoms with van der Waals surface area (Å²) in [6.45, 7) is 2.28. The lowest BCUT2D eigenvalue weighted by Crippen LogP contribution is -2.18. The zero-order chi connectivity index (χ0) is 18.0. The summed E-state index contributed by atoms with van der Waals surface area (Å²) in [6, 6.07) is 8.69. The number of benzene rings is 2. The van der Waals surface area contributed by atoms with Gasteiger partial charge in [0.1, 0.15) is 13.2 Å². The van der Waals surface area contributed by atoms with E-state index in [1.807, 2.05) is 28.7 Å². The fraction of sp³-hybridized carbons (Fsp3) is 0.176. The monoisotopic (exact) mass is 565 g/mol. The summed E-state index contributed by atoms with van der Waals surface area (Å²) in [5, 5.41) is 2.80. The van der Waals surface area contributed by atoms with E-state index in [-0.39, 0.29) is 11.7 Å². The average molecular weight is 565 g/mol. The first-order valence-electron chi connectivity index (χ1n) is 7.32. The number of halogens is 2. The number of esters is 1. The molecule has 6 nitrogen and oxygen atoms in total. The molecule has 0 atom stereocenters. The number of carbonyl (C=O) groups is 2. The van der Waals surface area contributed by atoms with Crippen molar-refractivity contribution in [2.45, 2.75) is 6.92 Å². The zero-order valence-electron chi connectivity index (χ0n) is 13.1. The van der Waals surface area contributed by atoms with E-state index >= 15 is 0 Å². The van der Waals surface area contributed by atoms with Crippen molar-refractivity contribution in [1.29, 1.82) is 0 Å². The first-order valence-corrected chi connectivity index (χ1v) is 9.48. The topological polar surface area (TPSA) is 73.9 Å². The molecule has 0 fully saturated rings. The van der Waals surface area contributed by atoms with Gasteiger partial charge >= 0.3 is 5.97 Å². The Labute approximate surface area is 171 Å². The Morgan fingerprint density at radius 1 is 1.08 bits per heavy atom. The van der Waals surface area contributed by atoms with Gasteiger partial charge in [-0.05, 0) is 69.4 Å². The standard InChI is InChI=1S/C17H13I2NO5/c1-9(21)25-16-12(6-10(18)7-13(16)19)17(22)20-11-2-3-14-15(8-11)24-5-4-23-14/h2-3,6-8H,4-5H2,1H3,(H,20,22). The largest absolute Gasteiger partial charge is 0.486 e. The maximum Gasteiger partial charge on any atom is 0.308 e. The van der Waals surface area contributed by atoms with Crippen LogP contribution in [0.15, 0.2) is 30.3 Å². The Balaban J connectivity index is 1.89. The van der Waals surface area contributed by atoms with Crippen molar-refractivity contribution >= 4 is 62.7 Å². The molecule has 3 rings (SSSR count). The lowest BCUT2D eigenvalue weighted by molar-refractivity contribution is -0.131. The molecule has 1 N–H and O–H groups in total. The van der Waals surface area contributed by atoms with Crippen LogP contribution >= 0.6 is 45.2 Å². The molecule has 1 aliphatic heterocycles. The van der Waals surface area contributed by atoms with Crippen LogP contribution in [-0.2, 0) is 4.79 Å². The second-order valence-corrected chi connectivity index (χ2v) is 7.58. The molecular formula is C17H13I2NO5. The maximum atomic E-state index is 12.7. The summed E-state index contributed by atoms with van der Waals surface area (Å²) < 4.78 is 17.8. The minimum absolute atomic E-state index is 0.253. The van der Waals surface area contributed by atoms with Crippen LogP contribution in [0.3, 0.4) is 0 Å². The fourth-order valence-corrected chi connectivity index (χ4v) is 4.25. The Morgan fingerprint density at radius 2 is 1.80 bits per heavy atom. The van der Waals surface area contributed by atoms with E-state index in [4.69, 9.17) is 14.2 Å². The number of carbonyl (C=O) groups excluding carboxylic acids is 2. The minimum Gasteiger partial charge on any atom is -0.486 e. The van der Waals surface area contributed by atoms with Crippen LogP contribution in [0.5, 0.6) is 17.2 Å². The van der Waals surface area contributed by atoms with Crippen molar-refractivity contribution in [3.05, 3.63) is 43.0 Å². The van der Waals surface area contributed by atoms with Crippen LogP contribution in [0.4, 0.5) is 5.69 Å². The molecule has 1 amide bonds. The summed E-state index contributed by atoms with van der Waals surface area (Å²) in [4.78, 5) is 24.1. The third-order valence-corrected chi connectivity index (χ3v) is 4.72. The van der Waals surface area contributed by atoms with Crippen LogP contribution in [0.1, 0.15) is 17.3 Å². The molecule has 0 saturated carbocycles. The number of rotatable bonds is 3. The highest BCUT2D eigenvalue weighted by Gasteiger charge is 2.20. The van der Waals surface area contributed by atoms with E-state index in [0.29, 0.717) is 39.5 Å². The fourth-order valence-electron chi connectivity index (χ4n) is 2.30. The molecule has 0 radical (unpaired) electrons. The first kappa shape index (κ1) is 18.2. The van der Waals surface area contributed by atoms with Crippen molar-refractivity contribution in [2.75, 3.05) is 18.5 Å². The third-order valence-electron chi connectivity index (χ3n) is 3.30. The van der Waals surface area contributed by atoms with Crippen LogP contribution in [0, 0.1) is 7.14 Å². The minimum atomic E-state index is -0.479. The molecule has 0 aliphatic carbocycles. The number of hydrogen-bond donors (Lipinski definition) is 1. The number of hydrogen-bond acceptors (Lipinski definition) is 5. The molecule has 0 unspecified atom stereocenters. The second-order valence-electron chi connectivity index (χ2n) is 5.17. The van der Waals surface area contributed by atoms with Crippen molar-refractivity contribution in [1.82, 2.24) is 0 Å². The van der Waals surface area contributed by atoms with E-state index < -0.39 is 5.97 Å².